The largest absolute Gasteiger partial charge is 0.493 e. The zero-order valence-electron chi connectivity index (χ0n) is 64.1. The fourth-order valence-electron chi connectivity index (χ4n) is 12.9. The molecule has 7 N–H and O–H groups in total. The first-order chi connectivity index (χ1) is 56.4. The molecule has 1 aliphatic rings. The third-order valence-corrected chi connectivity index (χ3v) is 21.5. The maximum atomic E-state index is 14.2. The lowest BCUT2D eigenvalue weighted by atomic mass is 10.1. The molecule has 0 atom stereocenters. The minimum atomic E-state index is -3.57. The molecule has 1 saturated carbocycles. The summed E-state index contributed by atoms with van der Waals surface area (Å²) >= 11 is 0. The molecule has 0 spiro atoms. The van der Waals surface area contributed by atoms with Crippen LogP contribution in [0.4, 0.5) is 34.6 Å². The van der Waals surface area contributed by atoms with Crippen molar-refractivity contribution in [2.45, 2.75) is 53.2 Å². The van der Waals surface area contributed by atoms with Gasteiger partial charge in [-0.2, -0.15) is 20.4 Å². The van der Waals surface area contributed by atoms with Crippen molar-refractivity contribution in [3.8, 4) is 85.3 Å². The van der Waals surface area contributed by atoms with Gasteiger partial charge in [-0.15, -0.1) is 0 Å². The van der Waals surface area contributed by atoms with E-state index in [-0.39, 0.29) is 51.3 Å². The fraction of sp³-hybridized carbons (Fsp3) is 0.177. The van der Waals surface area contributed by atoms with Gasteiger partial charge in [-0.05, 0) is 209 Å². The van der Waals surface area contributed by atoms with Crippen molar-refractivity contribution in [3.05, 3.63) is 276 Å². The van der Waals surface area contributed by atoms with E-state index in [2.05, 4.69) is 59.9 Å². The number of pyridine rings is 1. The van der Waals surface area contributed by atoms with Gasteiger partial charge in [0.2, 0.25) is 30.1 Å². The summed E-state index contributed by atoms with van der Waals surface area (Å²) in [6.07, 6.45) is 14.6. The number of nitrogens with one attached hydrogen (secondary N) is 7. The van der Waals surface area contributed by atoms with E-state index in [0.717, 1.165) is 67.0 Å². The summed E-state index contributed by atoms with van der Waals surface area (Å²) in [7, 11) is -13.8. The molecule has 0 radical (unpaired) electrons. The Balaban J connectivity index is 0.000000138. The van der Waals surface area contributed by atoms with Gasteiger partial charge in [0.15, 0.2) is 33.0 Å². The van der Waals surface area contributed by atoms with E-state index in [0.29, 0.717) is 137 Å². The highest BCUT2D eigenvalue weighted by Gasteiger charge is 2.26. The first-order valence-corrected chi connectivity index (χ1v) is 43.3. The van der Waals surface area contributed by atoms with E-state index in [1.807, 2.05) is 26.0 Å². The van der Waals surface area contributed by atoms with Gasteiger partial charge in [-0.1, -0.05) is 6.07 Å². The second-order valence-corrected chi connectivity index (χ2v) is 35.3. The molecule has 1 fully saturated rings. The molecule has 119 heavy (non-hydrogen) atoms. The van der Waals surface area contributed by atoms with E-state index in [4.69, 9.17) is 18.9 Å². The molecule has 6 aromatic carbocycles. The molecule has 0 aliphatic heterocycles. The summed E-state index contributed by atoms with van der Waals surface area (Å²) in [6.45, 7) is 9.26. The quantitative estimate of drug-likeness (QED) is 0.0310. The van der Waals surface area contributed by atoms with Crippen LogP contribution in [0.2, 0.25) is 0 Å². The smallest absolute Gasteiger partial charge is 0.288 e. The van der Waals surface area contributed by atoms with Crippen LogP contribution in [0.25, 0.3) is 67.1 Å². The highest BCUT2D eigenvalue weighted by Crippen LogP contribution is 2.43. The lowest BCUT2D eigenvalue weighted by molar-refractivity contribution is 0.301. The Kier molecular flexibility index (Phi) is 23.7. The van der Waals surface area contributed by atoms with Gasteiger partial charge < -0.3 is 18.9 Å². The average molecular weight is 1710 g/mol. The lowest BCUT2D eigenvalue weighted by Gasteiger charge is -2.14. The van der Waals surface area contributed by atoms with Crippen molar-refractivity contribution >= 4 is 79.0 Å². The Morgan fingerprint density at radius 3 is 1.16 bits per heavy atom. The number of halogens is 4. The van der Waals surface area contributed by atoms with Crippen molar-refractivity contribution in [1.82, 2.24) is 63.4 Å². The second kappa shape index (κ2) is 33.8. The molecule has 16 rings (SSSR count). The average Bonchev–Trinajstić information content (AvgIpc) is 1.65. The standard InChI is InChI=1S/C21H18F2N4O4S.C21H17F2N3O4S.C19H17N5O4S.C18H20N4O4S/c1-3-32(29,30)26-14-5-7-18(31-19-6-4-13(22)9-16(19)23)15(10-14)17-8-12(2)20-21(28)25-24-11-27(17)20;1-12-7-17(26-11-24-25-21(27)20(12)26)15-8-13(10-31(2,28)29)3-5-18(15)30-19-6-4-14(22)9-16(19)23;1-12-8-16(24-11-21-22-19(25)18(12)24)15-9-13(23-29(2,26)27)5-6-17(15)28-14-4-3-7-20-10-14;1-11-7-15(22-10-19-20-18(23)17(11)22)14-8-13(21-27(2,24)25)5-6-16(14)26-9-12-3-4-12/h4-11,26H,3H2,1-2H3,(H,25,28);3-9,11H,10H2,1-2H3,(H,25,27);3-11,23H,1-2H3,(H,22,25);5-8,10,12,21H,3-4,9H2,1-2H3,(H,20,23). The predicted octanol–water partition coefficient (Wildman–Crippen LogP) is 12.2. The topological polar surface area (TPSA) is 423 Å². The maximum absolute atomic E-state index is 14.2. The van der Waals surface area contributed by atoms with Crippen molar-refractivity contribution in [3.63, 3.8) is 0 Å². The summed E-state index contributed by atoms with van der Waals surface area (Å²) in [6, 6.07) is 35.6. The van der Waals surface area contributed by atoms with Crippen molar-refractivity contribution < 1.29 is 70.2 Å². The Bertz CT molecular complexity index is 7210. The van der Waals surface area contributed by atoms with E-state index in [9.17, 15) is 70.4 Å². The molecule has 9 heterocycles. The number of fused-ring (bicyclic) bond motifs is 4. The zero-order chi connectivity index (χ0) is 85.2. The summed E-state index contributed by atoms with van der Waals surface area (Å²) in [5.74, 6) is -1.50. The number of H-pyrrole nitrogens is 4. The molecule has 0 amide bonds. The zero-order valence-corrected chi connectivity index (χ0v) is 67.4. The van der Waals surface area contributed by atoms with Crippen LogP contribution in [0, 0.1) is 56.9 Å². The van der Waals surface area contributed by atoms with E-state index < -0.39 is 74.3 Å². The van der Waals surface area contributed by atoms with E-state index >= 15 is 0 Å². The Labute approximate surface area is 674 Å². The number of hydrogen-bond donors (Lipinski definition) is 7. The number of aromatic nitrogens is 13. The highest BCUT2D eigenvalue weighted by molar-refractivity contribution is 7.92. The molecule has 616 valence electrons. The number of hydrogen-bond acceptors (Lipinski definition) is 21. The Morgan fingerprint density at radius 1 is 0.437 bits per heavy atom. The summed E-state index contributed by atoms with van der Waals surface area (Å²) in [5, 5.41) is 25.0. The van der Waals surface area contributed by atoms with Crippen LogP contribution in [0.3, 0.4) is 0 Å². The monoisotopic (exact) mass is 1700 g/mol. The van der Waals surface area contributed by atoms with Crippen LogP contribution in [-0.4, -0.2) is 128 Å². The number of benzene rings is 6. The number of sulfonamides is 3. The first-order valence-electron chi connectivity index (χ1n) is 35.8. The molecule has 1 aliphatic carbocycles. The first kappa shape index (κ1) is 83.2. The normalized spacial score (nSPS) is 12.3. The van der Waals surface area contributed by atoms with Gasteiger partial charge in [0.05, 0.1) is 59.6 Å². The lowest BCUT2D eigenvalue weighted by Crippen LogP contribution is -2.14. The molecule has 0 saturated heterocycles. The number of nitrogens with zero attached hydrogens (tertiary/aromatic N) is 9. The Morgan fingerprint density at radius 2 is 0.798 bits per heavy atom. The van der Waals surface area contributed by atoms with Gasteiger partial charge >= 0.3 is 0 Å². The summed E-state index contributed by atoms with van der Waals surface area (Å²) in [4.78, 5) is 52.8. The third kappa shape index (κ3) is 19.7. The van der Waals surface area contributed by atoms with Gasteiger partial charge in [0, 0.05) is 63.9 Å². The Hall–Kier alpha value is -13.7. The van der Waals surface area contributed by atoms with Crippen LogP contribution >= 0.6 is 0 Å². The summed E-state index contributed by atoms with van der Waals surface area (Å²) < 4.78 is 186. The predicted molar refractivity (Wildman–Crippen MR) is 438 cm³/mol. The number of aromatic amines is 4. The van der Waals surface area contributed by atoms with Crippen LogP contribution in [0.15, 0.2) is 202 Å². The molecule has 9 aromatic heterocycles. The van der Waals surface area contributed by atoms with Crippen LogP contribution in [-0.2, 0) is 45.7 Å². The van der Waals surface area contributed by atoms with Gasteiger partial charge in [0.1, 0.15) is 87.8 Å². The van der Waals surface area contributed by atoms with Crippen LogP contribution in [0.5, 0.6) is 40.2 Å². The number of sulfone groups is 1. The van der Waals surface area contributed by atoms with Crippen molar-refractivity contribution in [2.75, 3.05) is 45.3 Å². The molecule has 0 bridgehead atoms. The second-order valence-electron chi connectivity index (χ2n) is 27.7. The van der Waals surface area contributed by atoms with E-state index in [1.54, 1.807) is 112 Å². The van der Waals surface area contributed by atoms with Gasteiger partial charge in [-0.3, -0.25) is 55.9 Å². The van der Waals surface area contributed by atoms with Crippen LogP contribution in [0.1, 0.15) is 47.6 Å². The highest BCUT2D eigenvalue weighted by atomic mass is 32.2. The van der Waals surface area contributed by atoms with E-state index in [1.165, 1.54) is 60.9 Å². The number of aryl methyl sites for hydroxylation is 4. The van der Waals surface area contributed by atoms with Crippen molar-refractivity contribution in [1.29, 1.82) is 0 Å². The number of ether oxygens (including phenoxy) is 4. The molecule has 32 nitrogen and oxygen atoms in total. The molecule has 0 unspecified atom stereocenters. The SMILES string of the molecule is CCS(=O)(=O)Nc1ccc(Oc2ccc(F)cc2F)c(-c2cc(C)c3c(=O)[nH]ncn23)c1.Cc1cc(-c2cc(CS(C)(=O)=O)ccc2Oc2ccc(F)cc2F)n2cn[nH]c(=O)c12.Cc1cc(-c2cc(NS(C)(=O)=O)ccc2OCC2CC2)n2cn[nH]c(=O)c12.Cc1cc(-c2cc(NS(C)(=O)=O)ccc2Oc2cccnc2)n2cn[nH]c(=O)c12. The minimum Gasteiger partial charge on any atom is -0.493 e. The minimum absolute atomic E-state index is 0.131. The van der Waals surface area contributed by atoms with Crippen molar-refractivity contribution in [2.24, 2.45) is 5.92 Å². The molecular formula is C79H72F4N16O16S4. The summed E-state index contributed by atoms with van der Waals surface area (Å²) in [5.41, 5.74) is 8.95. The van der Waals surface area contributed by atoms with Gasteiger partial charge in [0.25, 0.3) is 22.2 Å². The third-order valence-electron chi connectivity index (χ3n) is 18.2. The molecule has 40 heteroatoms. The molecular weight excluding hydrogens is 1630 g/mol. The fourth-order valence-corrected chi connectivity index (χ4v) is 15.4. The molecule has 15 aromatic rings. The van der Waals surface area contributed by atoms with Gasteiger partial charge in [-0.25, -0.2) is 71.6 Å². The maximum Gasteiger partial charge on any atom is 0.288 e. The number of anilines is 3. The van der Waals surface area contributed by atoms with Crippen LogP contribution < -0.4 is 55.4 Å². The number of rotatable bonds is 22.